The van der Waals surface area contributed by atoms with Crippen molar-refractivity contribution in [3.8, 4) is 5.75 Å². The maximum atomic E-state index is 14.9. The first-order valence-corrected chi connectivity index (χ1v) is 18.5. The van der Waals surface area contributed by atoms with Crippen LogP contribution in [0.5, 0.6) is 5.75 Å². The zero-order chi connectivity index (χ0) is 35.3. The molecule has 0 amide bonds. The summed E-state index contributed by atoms with van der Waals surface area (Å²) in [6.45, 7) is 8.85. The van der Waals surface area contributed by atoms with Crippen LogP contribution >= 0.6 is 0 Å². The molecule has 4 aromatic rings. The van der Waals surface area contributed by atoms with Crippen molar-refractivity contribution in [1.82, 2.24) is 25.6 Å². The predicted molar refractivity (Wildman–Crippen MR) is 182 cm³/mol. The molecule has 2 saturated heterocycles. The number of rotatable bonds is 13. The zero-order valence-electron chi connectivity index (χ0n) is 28.5. The van der Waals surface area contributed by atoms with Crippen molar-refractivity contribution in [3.05, 3.63) is 83.4 Å². The molecule has 0 spiro atoms. The molecule has 0 saturated carbocycles. The average molecular weight is 712 g/mol. The summed E-state index contributed by atoms with van der Waals surface area (Å²) in [5.74, 6) is 0.764. The SMILES string of the molecule is Cc1ccc(S(=O)(=O)ONC2CN(c3ncc(OCCCC4CCN(c5nc(C(C)C)no5)CC4)cn3)CCC2c2cc(F)ccc2F)cc1. The van der Waals surface area contributed by atoms with Crippen molar-refractivity contribution in [2.45, 2.75) is 75.6 Å². The summed E-state index contributed by atoms with van der Waals surface area (Å²) in [7, 11) is -4.18. The Labute approximate surface area is 291 Å². The fraction of sp³-hybridized carbons (Fsp3) is 0.486. The molecule has 6 rings (SSSR count). The number of ether oxygens (including phenoxy) is 1. The number of hydrogen-bond donors (Lipinski definition) is 1. The van der Waals surface area contributed by atoms with E-state index in [9.17, 15) is 17.2 Å². The lowest BCUT2D eigenvalue weighted by Crippen LogP contribution is -2.51. The third-order valence-electron chi connectivity index (χ3n) is 9.34. The molecule has 2 unspecified atom stereocenters. The highest BCUT2D eigenvalue weighted by Crippen LogP contribution is 2.33. The third-order valence-corrected chi connectivity index (χ3v) is 10.5. The largest absolute Gasteiger partial charge is 0.490 e. The van der Waals surface area contributed by atoms with Gasteiger partial charge in [0, 0.05) is 38.0 Å². The molecule has 0 radical (unpaired) electrons. The van der Waals surface area contributed by atoms with Crippen molar-refractivity contribution < 1.29 is 30.7 Å². The number of hydrogen-bond acceptors (Lipinski definition) is 12. The second-order valence-corrected chi connectivity index (χ2v) is 14.9. The molecule has 15 heteroatoms. The van der Waals surface area contributed by atoms with Gasteiger partial charge in [-0.2, -0.15) is 23.2 Å². The number of nitrogens with zero attached hydrogens (tertiary/aromatic N) is 6. The van der Waals surface area contributed by atoms with E-state index in [1.165, 1.54) is 12.1 Å². The Morgan fingerprint density at radius 1 is 1.00 bits per heavy atom. The molecule has 2 aliphatic heterocycles. The summed E-state index contributed by atoms with van der Waals surface area (Å²) >= 11 is 0. The molecule has 2 fully saturated rings. The van der Waals surface area contributed by atoms with E-state index in [2.05, 4.69) is 30.5 Å². The molecular formula is C35H43F2N7O5S. The number of hydroxylamine groups is 1. The minimum absolute atomic E-state index is 0.0263. The zero-order valence-corrected chi connectivity index (χ0v) is 29.3. The predicted octanol–water partition coefficient (Wildman–Crippen LogP) is 5.92. The topological polar surface area (TPSA) is 136 Å². The smallest absolute Gasteiger partial charge is 0.324 e. The monoisotopic (exact) mass is 711 g/mol. The lowest BCUT2D eigenvalue weighted by molar-refractivity contribution is 0.139. The molecule has 2 aromatic heterocycles. The Morgan fingerprint density at radius 2 is 1.72 bits per heavy atom. The minimum Gasteiger partial charge on any atom is -0.490 e. The van der Waals surface area contributed by atoms with Crippen LogP contribution < -0.4 is 20.0 Å². The second-order valence-electron chi connectivity index (χ2n) is 13.3. The summed E-state index contributed by atoms with van der Waals surface area (Å²) in [4.78, 5) is 17.5. The fourth-order valence-electron chi connectivity index (χ4n) is 6.41. The molecule has 1 N–H and O–H groups in total. The molecule has 2 atom stereocenters. The normalized spacial score (nSPS) is 18.9. The Kier molecular flexibility index (Phi) is 11.2. The first kappa shape index (κ1) is 35.6. The van der Waals surface area contributed by atoms with Gasteiger partial charge < -0.3 is 19.1 Å². The number of aryl methyl sites for hydroxylation is 1. The number of halogens is 2. The quantitative estimate of drug-likeness (QED) is 0.130. The Morgan fingerprint density at radius 3 is 2.42 bits per heavy atom. The van der Waals surface area contributed by atoms with Crippen LogP contribution in [0.25, 0.3) is 0 Å². The van der Waals surface area contributed by atoms with Gasteiger partial charge in [-0.05, 0) is 80.8 Å². The second kappa shape index (κ2) is 15.8. The molecule has 2 aromatic carbocycles. The number of benzene rings is 2. The Bertz CT molecular complexity index is 1820. The van der Waals surface area contributed by atoms with Crippen LogP contribution in [0.3, 0.4) is 0 Å². The van der Waals surface area contributed by atoms with Crippen LogP contribution in [-0.2, 0) is 14.4 Å². The van der Waals surface area contributed by atoms with Crippen LogP contribution in [0.1, 0.15) is 74.7 Å². The van der Waals surface area contributed by atoms with E-state index in [1.54, 1.807) is 24.5 Å². The Hall–Kier alpha value is -4.21. The van der Waals surface area contributed by atoms with Gasteiger partial charge >= 0.3 is 16.1 Å². The van der Waals surface area contributed by atoms with Gasteiger partial charge in [-0.25, -0.2) is 18.7 Å². The standard InChI is InChI=1S/C35H43F2N7O5S/c1-23(2)33-40-35(48-42-33)43-15-12-25(13-16-43)5-4-18-47-27-20-38-34(39-21-27)44-17-14-29(30-19-26(36)8-11-31(30)37)32(22-44)41-49-50(45,46)28-9-6-24(3)7-10-28/h6-11,19-21,23,25,29,32,41H,4-5,12-18,22H2,1-3H3. The molecule has 268 valence electrons. The molecule has 2 aliphatic rings. The lowest BCUT2D eigenvalue weighted by atomic mass is 9.85. The Balaban J connectivity index is 1.01. The average Bonchev–Trinajstić information content (AvgIpc) is 3.62. The molecule has 0 bridgehead atoms. The van der Waals surface area contributed by atoms with E-state index in [1.807, 2.05) is 25.7 Å². The molecular weight excluding hydrogens is 668 g/mol. The number of anilines is 2. The highest BCUT2D eigenvalue weighted by atomic mass is 32.2. The van der Waals surface area contributed by atoms with Gasteiger partial charge in [-0.3, -0.25) is 0 Å². The van der Waals surface area contributed by atoms with Crippen molar-refractivity contribution in [2.24, 2.45) is 5.92 Å². The van der Waals surface area contributed by atoms with E-state index in [0.29, 0.717) is 43.2 Å². The number of nitrogens with one attached hydrogen (secondary N) is 1. The minimum atomic E-state index is -4.18. The van der Waals surface area contributed by atoms with E-state index in [0.717, 1.165) is 68.4 Å². The first-order chi connectivity index (χ1) is 24.1. The van der Waals surface area contributed by atoms with Crippen molar-refractivity contribution in [2.75, 3.05) is 42.6 Å². The van der Waals surface area contributed by atoms with Gasteiger partial charge in [0.1, 0.15) is 11.6 Å². The molecule has 4 heterocycles. The van der Waals surface area contributed by atoms with Crippen LogP contribution in [0, 0.1) is 24.5 Å². The van der Waals surface area contributed by atoms with Crippen LogP contribution in [0.4, 0.5) is 20.7 Å². The van der Waals surface area contributed by atoms with Gasteiger partial charge in [-0.1, -0.05) is 36.7 Å². The van der Waals surface area contributed by atoms with E-state index >= 15 is 0 Å². The number of piperidine rings is 2. The number of aromatic nitrogens is 4. The van der Waals surface area contributed by atoms with Gasteiger partial charge in [-0.15, -0.1) is 0 Å². The van der Waals surface area contributed by atoms with Crippen molar-refractivity contribution in [1.29, 1.82) is 0 Å². The van der Waals surface area contributed by atoms with Gasteiger partial charge in [0.2, 0.25) is 5.95 Å². The highest BCUT2D eigenvalue weighted by molar-refractivity contribution is 7.86. The molecule has 0 aliphatic carbocycles. The van der Waals surface area contributed by atoms with Crippen molar-refractivity contribution in [3.63, 3.8) is 0 Å². The van der Waals surface area contributed by atoms with Gasteiger partial charge in [0.15, 0.2) is 11.6 Å². The van der Waals surface area contributed by atoms with E-state index in [4.69, 9.17) is 13.5 Å². The van der Waals surface area contributed by atoms with Crippen LogP contribution in [-0.4, -0.2) is 67.4 Å². The highest BCUT2D eigenvalue weighted by Gasteiger charge is 2.35. The molecule has 50 heavy (non-hydrogen) atoms. The summed E-state index contributed by atoms with van der Waals surface area (Å²) in [5, 5.41) is 4.07. The maximum Gasteiger partial charge on any atom is 0.324 e. The van der Waals surface area contributed by atoms with Crippen LogP contribution in [0.15, 0.2) is 64.3 Å². The summed E-state index contributed by atoms with van der Waals surface area (Å²) < 4.78 is 71.6. The summed E-state index contributed by atoms with van der Waals surface area (Å²) in [6, 6.07) is 9.36. The third kappa shape index (κ3) is 8.74. The fourth-order valence-corrected chi connectivity index (χ4v) is 7.23. The first-order valence-electron chi connectivity index (χ1n) is 17.0. The van der Waals surface area contributed by atoms with E-state index in [-0.39, 0.29) is 22.9 Å². The maximum absolute atomic E-state index is 14.9. The van der Waals surface area contributed by atoms with Crippen LogP contribution in [0.2, 0.25) is 0 Å². The van der Waals surface area contributed by atoms with Gasteiger partial charge in [0.05, 0.1) is 29.9 Å². The lowest BCUT2D eigenvalue weighted by Gasteiger charge is -2.38. The molecule has 12 nitrogen and oxygen atoms in total. The van der Waals surface area contributed by atoms with Crippen molar-refractivity contribution >= 4 is 22.1 Å². The summed E-state index contributed by atoms with van der Waals surface area (Å²) in [6.07, 6.45) is 7.63. The van der Waals surface area contributed by atoms with Gasteiger partial charge in [0.25, 0.3) is 0 Å². The van der Waals surface area contributed by atoms with E-state index < -0.39 is 33.7 Å². The summed E-state index contributed by atoms with van der Waals surface area (Å²) in [5.41, 5.74) is 3.68.